The van der Waals surface area contributed by atoms with Crippen LogP contribution in [0.1, 0.15) is 24.4 Å². The molecule has 1 amide bonds. The Morgan fingerprint density at radius 2 is 1.95 bits per heavy atom. The van der Waals surface area contributed by atoms with Gasteiger partial charge in [0, 0.05) is 43.2 Å². The summed E-state index contributed by atoms with van der Waals surface area (Å²) in [7, 11) is 3.73. The van der Waals surface area contributed by atoms with Crippen LogP contribution in [0.3, 0.4) is 0 Å². The third-order valence-electron chi connectivity index (χ3n) is 8.31. The summed E-state index contributed by atoms with van der Waals surface area (Å²) < 4.78 is 35.0. The quantitative estimate of drug-likeness (QED) is 0.371. The third-order valence-corrected chi connectivity index (χ3v) is 8.31. The van der Waals surface area contributed by atoms with Gasteiger partial charge in [0.1, 0.15) is 29.5 Å². The smallest absolute Gasteiger partial charge is 0.247 e. The number of anilines is 5. The van der Waals surface area contributed by atoms with Gasteiger partial charge in [0.25, 0.3) is 0 Å². The van der Waals surface area contributed by atoms with Gasteiger partial charge in [0.2, 0.25) is 5.91 Å². The Morgan fingerprint density at radius 1 is 1.14 bits per heavy atom. The van der Waals surface area contributed by atoms with Gasteiger partial charge in [-0.05, 0) is 50.2 Å². The lowest BCUT2D eigenvalue weighted by Gasteiger charge is -2.26. The molecule has 0 radical (unpaired) electrons. The van der Waals surface area contributed by atoms with E-state index in [0.29, 0.717) is 47.1 Å². The van der Waals surface area contributed by atoms with Gasteiger partial charge in [-0.2, -0.15) is 0 Å². The first kappa shape index (κ1) is 27.9. The zero-order chi connectivity index (χ0) is 29.4. The molecule has 0 unspecified atom stereocenters. The van der Waals surface area contributed by atoms with E-state index in [1.54, 1.807) is 19.2 Å². The normalized spacial score (nSPS) is 21.9. The van der Waals surface area contributed by atoms with Crippen LogP contribution in [-0.2, 0) is 9.63 Å². The van der Waals surface area contributed by atoms with Crippen LogP contribution in [-0.4, -0.2) is 67.2 Å². The maximum Gasteiger partial charge on any atom is 0.247 e. The van der Waals surface area contributed by atoms with Gasteiger partial charge in [-0.25, -0.2) is 23.8 Å². The van der Waals surface area contributed by atoms with Crippen LogP contribution in [0.15, 0.2) is 55.4 Å². The lowest BCUT2D eigenvalue weighted by molar-refractivity contribution is -0.111. The van der Waals surface area contributed by atoms with Gasteiger partial charge in [0.05, 0.1) is 36.8 Å². The number of methoxy groups -OCH3 is 1. The third kappa shape index (κ3) is 5.23. The van der Waals surface area contributed by atoms with E-state index < -0.39 is 17.7 Å². The minimum Gasteiger partial charge on any atom is -0.494 e. The lowest BCUT2D eigenvalue weighted by Crippen LogP contribution is -2.32. The van der Waals surface area contributed by atoms with Gasteiger partial charge in [-0.1, -0.05) is 12.6 Å². The van der Waals surface area contributed by atoms with Crippen LogP contribution in [0, 0.1) is 17.6 Å². The molecular formula is C30H33F2N7O3. The number of nitrogens with one attached hydrogen (secondary N) is 2. The van der Waals surface area contributed by atoms with E-state index in [0.717, 1.165) is 31.7 Å². The molecule has 2 aromatic carbocycles. The summed E-state index contributed by atoms with van der Waals surface area (Å²) in [5, 5.41) is 7.60. The van der Waals surface area contributed by atoms with Crippen molar-refractivity contribution >= 4 is 34.6 Å². The van der Waals surface area contributed by atoms with Crippen molar-refractivity contribution in [3.05, 3.63) is 72.6 Å². The van der Waals surface area contributed by atoms with E-state index in [1.165, 1.54) is 35.7 Å². The summed E-state index contributed by atoms with van der Waals surface area (Å²) in [6.45, 7) is 6.70. The first-order chi connectivity index (χ1) is 20.4. The van der Waals surface area contributed by atoms with Crippen molar-refractivity contribution in [3.63, 3.8) is 0 Å². The Hall–Kier alpha value is -4.29. The second-order valence-corrected chi connectivity index (χ2v) is 10.7. The van der Waals surface area contributed by atoms with Crippen molar-refractivity contribution < 1.29 is 23.1 Å². The van der Waals surface area contributed by atoms with Crippen molar-refractivity contribution in [2.75, 3.05) is 61.0 Å². The molecule has 220 valence electrons. The number of carbonyl (C=O) groups is 1. The van der Waals surface area contributed by atoms with Gasteiger partial charge in [0.15, 0.2) is 5.82 Å². The molecule has 3 aromatic rings. The molecule has 3 fully saturated rings. The van der Waals surface area contributed by atoms with E-state index in [4.69, 9.17) is 9.57 Å². The van der Waals surface area contributed by atoms with Crippen molar-refractivity contribution in [1.82, 2.24) is 14.9 Å². The summed E-state index contributed by atoms with van der Waals surface area (Å²) in [5.74, 6) is 0.233. The summed E-state index contributed by atoms with van der Waals surface area (Å²) >= 11 is 0. The number of hydroxylamine groups is 1. The van der Waals surface area contributed by atoms with Gasteiger partial charge >= 0.3 is 0 Å². The number of nitrogens with zero attached hydrogens (tertiary/aromatic N) is 5. The predicted octanol–water partition coefficient (Wildman–Crippen LogP) is 4.65. The van der Waals surface area contributed by atoms with E-state index in [2.05, 4.69) is 44.0 Å². The SMILES string of the molecule is C=CC(=O)Nc1cc(Nc2cc(N3OCC[C@H]3c3c(F)cccc3F)ncn2)c(OC)cc1N1C[C@@H]2CCN(C)[C@@H]2C1. The number of benzene rings is 2. The second-order valence-electron chi connectivity index (χ2n) is 10.7. The number of fused-ring (bicyclic) bond motifs is 1. The highest BCUT2D eigenvalue weighted by Crippen LogP contribution is 2.43. The Labute approximate surface area is 242 Å². The molecule has 0 bridgehead atoms. The Kier molecular flexibility index (Phi) is 7.65. The number of hydrogen-bond acceptors (Lipinski definition) is 9. The van der Waals surface area contributed by atoms with Crippen LogP contribution >= 0.6 is 0 Å². The maximum atomic E-state index is 14.6. The summed E-state index contributed by atoms with van der Waals surface area (Å²) in [6.07, 6.45) is 4.11. The first-order valence-electron chi connectivity index (χ1n) is 13.9. The molecule has 0 spiro atoms. The van der Waals surface area contributed by atoms with Crippen molar-refractivity contribution in [1.29, 1.82) is 0 Å². The number of hydrogen-bond donors (Lipinski definition) is 2. The highest BCUT2D eigenvalue weighted by molar-refractivity contribution is 6.02. The largest absolute Gasteiger partial charge is 0.494 e. The number of likely N-dealkylation sites (N-methyl/N-ethyl adjacent to an activating group) is 1. The van der Waals surface area contributed by atoms with Crippen LogP contribution < -0.4 is 25.3 Å². The number of amides is 1. The minimum atomic E-state index is -0.692. The molecular weight excluding hydrogens is 544 g/mol. The summed E-state index contributed by atoms with van der Waals surface area (Å²) in [4.78, 5) is 31.5. The maximum absolute atomic E-state index is 14.6. The number of halogens is 2. The molecule has 2 N–H and O–H groups in total. The molecule has 10 nitrogen and oxygen atoms in total. The monoisotopic (exact) mass is 577 g/mol. The van der Waals surface area contributed by atoms with E-state index in [1.807, 2.05) is 6.07 Å². The average molecular weight is 578 g/mol. The molecule has 3 saturated heterocycles. The molecule has 0 saturated carbocycles. The van der Waals surface area contributed by atoms with Crippen LogP contribution in [0.5, 0.6) is 5.75 Å². The molecule has 0 aliphatic carbocycles. The van der Waals surface area contributed by atoms with E-state index in [9.17, 15) is 13.6 Å². The molecule has 6 rings (SSSR count). The number of likely N-dealkylation sites (tertiary alicyclic amines) is 1. The highest BCUT2D eigenvalue weighted by atomic mass is 19.1. The summed E-state index contributed by atoms with van der Waals surface area (Å²) in [5.41, 5.74) is 1.96. The van der Waals surface area contributed by atoms with Crippen molar-refractivity contribution in [3.8, 4) is 5.75 Å². The van der Waals surface area contributed by atoms with Crippen LogP contribution in [0.25, 0.3) is 0 Å². The average Bonchev–Trinajstić information content (AvgIpc) is 3.71. The Bertz CT molecular complexity index is 1490. The number of rotatable bonds is 8. The van der Waals surface area contributed by atoms with E-state index >= 15 is 0 Å². The fourth-order valence-corrected chi connectivity index (χ4v) is 6.21. The zero-order valence-corrected chi connectivity index (χ0v) is 23.5. The molecule has 42 heavy (non-hydrogen) atoms. The Balaban J connectivity index is 1.30. The molecule has 12 heteroatoms. The predicted molar refractivity (Wildman–Crippen MR) is 156 cm³/mol. The number of ether oxygens (including phenoxy) is 1. The van der Waals surface area contributed by atoms with Crippen molar-refractivity contribution in [2.24, 2.45) is 5.92 Å². The summed E-state index contributed by atoms with van der Waals surface area (Å²) in [6, 6.07) is 8.90. The standard InChI is InChI=1S/C30H33F2N7O3/c1-4-29(40)36-21-12-22(26(41-3)13-24(21)38-15-18-8-10-37(2)25(18)16-38)35-27-14-28(34-17-33-27)39-23(9-11-42-39)30-19(31)6-5-7-20(30)32/h4-7,12-14,17-18,23,25H,1,8-11,15-16H2,2-3H3,(H,36,40)(H,33,34,35)/t18-,23-,25+/m0/s1. The topological polar surface area (TPSA) is 95.1 Å². The molecule has 3 atom stereocenters. The number of carbonyl (C=O) groups excluding carboxylic acids is 1. The van der Waals surface area contributed by atoms with E-state index in [-0.39, 0.29) is 18.1 Å². The molecule has 3 aliphatic rings. The fourth-order valence-electron chi connectivity index (χ4n) is 6.21. The van der Waals surface area contributed by atoms with Gasteiger partial charge in [-0.15, -0.1) is 0 Å². The van der Waals surface area contributed by atoms with Crippen LogP contribution in [0.4, 0.5) is 37.5 Å². The molecule has 3 aliphatic heterocycles. The Morgan fingerprint density at radius 3 is 2.69 bits per heavy atom. The molecule has 1 aromatic heterocycles. The van der Waals surface area contributed by atoms with Crippen LogP contribution in [0.2, 0.25) is 0 Å². The first-order valence-corrected chi connectivity index (χ1v) is 13.9. The van der Waals surface area contributed by atoms with Gasteiger partial charge < -0.3 is 25.2 Å². The lowest BCUT2D eigenvalue weighted by atomic mass is 10.0. The highest BCUT2D eigenvalue weighted by Gasteiger charge is 2.40. The fraction of sp³-hybridized carbons (Fsp3) is 0.367. The van der Waals surface area contributed by atoms with Crippen molar-refractivity contribution in [2.45, 2.75) is 24.9 Å². The number of aromatic nitrogens is 2. The van der Waals surface area contributed by atoms with Gasteiger partial charge in [-0.3, -0.25) is 9.63 Å². The minimum absolute atomic E-state index is 0.0692. The zero-order valence-electron chi connectivity index (χ0n) is 23.5. The second kappa shape index (κ2) is 11.5. The molecule has 4 heterocycles.